The third kappa shape index (κ3) is 4.23. The Labute approximate surface area is 199 Å². The lowest BCUT2D eigenvalue weighted by atomic mass is 9.95. The largest absolute Gasteiger partial charge is 0.494 e. The fourth-order valence-corrected chi connectivity index (χ4v) is 4.50. The molecule has 6 heteroatoms. The van der Waals surface area contributed by atoms with Gasteiger partial charge in [0.2, 0.25) is 0 Å². The molecule has 34 heavy (non-hydrogen) atoms. The van der Waals surface area contributed by atoms with Crippen LogP contribution in [0, 0.1) is 6.92 Å². The first-order valence-electron chi connectivity index (χ1n) is 11.9. The van der Waals surface area contributed by atoms with Crippen LogP contribution in [-0.2, 0) is 6.54 Å². The Morgan fingerprint density at radius 2 is 1.85 bits per heavy atom. The minimum absolute atomic E-state index is 0.0813. The fraction of sp³-hybridized carbons (Fsp3) is 0.286. The smallest absolute Gasteiger partial charge is 0.273 e. The number of aromatic nitrogens is 2. The van der Waals surface area contributed by atoms with Crippen LogP contribution in [0.5, 0.6) is 5.75 Å². The third-order valence-corrected chi connectivity index (χ3v) is 6.31. The number of H-pyrrole nitrogens is 1. The van der Waals surface area contributed by atoms with Crippen molar-refractivity contribution in [2.75, 3.05) is 6.61 Å². The second-order valence-electron chi connectivity index (χ2n) is 8.77. The molecule has 2 aromatic heterocycles. The fourth-order valence-electron chi connectivity index (χ4n) is 4.50. The van der Waals surface area contributed by atoms with Gasteiger partial charge in [0.05, 0.1) is 31.2 Å². The third-order valence-electron chi connectivity index (χ3n) is 6.31. The molecule has 1 aliphatic rings. The molecular weight excluding hydrogens is 426 g/mol. The zero-order chi connectivity index (χ0) is 23.5. The van der Waals surface area contributed by atoms with E-state index in [-0.39, 0.29) is 11.9 Å². The molecule has 0 spiro atoms. The number of aryl methyl sites for hydroxylation is 1. The summed E-state index contributed by atoms with van der Waals surface area (Å²) in [6.45, 7) is 5.33. The molecule has 5 rings (SSSR count). The lowest BCUT2D eigenvalue weighted by molar-refractivity contribution is 0.0717. The van der Waals surface area contributed by atoms with Gasteiger partial charge in [0.1, 0.15) is 17.2 Å². The molecular formula is C28H29N3O3. The molecule has 2 aromatic carbocycles. The summed E-state index contributed by atoms with van der Waals surface area (Å²) in [4.78, 5) is 15.3. The van der Waals surface area contributed by atoms with E-state index < -0.39 is 0 Å². The van der Waals surface area contributed by atoms with E-state index in [2.05, 4.69) is 48.3 Å². The van der Waals surface area contributed by atoms with Crippen LogP contribution < -0.4 is 4.74 Å². The summed E-state index contributed by atoms with van der Waals surface area (Å²) in [6, 6.07) is 19.7. The second-order valence-corrected chi connectivity index (χ2v) is 8.77. The van der Waals surface area contributed by atoms with Crippen molar-refractivity contribution in [3.63, 3.8) is 0 Å². The summed E-state index contributed by atoms with van der Waals surface area (Å²) in [5, 5.41) is 7.56. The number of benzene rings is 2. The van der Waals surface area contributed by atoms with E-state index in [1.54, 1.807) is 6.26 Å². The molecule has 6 nitrogen and oxygen atoms in total. The Balaban J connectivity index is 1.51. The average molecular weight is 456 g/mol. The Morgan fingerprint density at radius 1 is 1.06 bits per heavy atom. The van der Waals surface area contributed by atoms with Crippen LogP contribution in [-0.4, -0.2) is 27.6 Å². The monoisotopic (exact) mass is 455 g/mol. The first-order chi connectivity index (χ1) is 16.7. The normalized spacial score (nSPS) is 15.1. The van der Waals surface area contributed by atoms with Crippen molar-refractivity contribution >= 4 is 5.91 Å². The molecule has 1 aliphatic heterocycles. The Bertz CT molecular complexity index is 1240. The van der Waals surface area contributed by atoms with E-state index in [4.69, 9.17) is 9.15 Å². The molecule has 174 valence electrons. The first-order valence-corrected chi connectivity index (χ1v) is 11.9. The maximum Gasteiger partial charge on any atom is 0.273 e. The maximum atomic E-state index is 13.5. The predicted octanol–water partition coefficient (Wildman–Crippen LogP) is 6.29. The molecule has 0 saturated carbocycles. The summed E-state index contributed by atoms with van der Waals surface area (Å²) in [5.41, 5.74) is 5.41. The number of nitrogens with zero attached hydrogens (tertiary/aromatic N) is 2. The number of hydrogen-bond acceptors (Lipinski definition) is 4. The van der Waals surface area contributed by atoms with Crippen LogP contribution in [0.4, 0.5) is 0 Å². The molecule has 0 bridgehead atoms. The lowest BCUT2D eigenvalue weighted by Gasteiger charge is -2.25. The van der Waals surface area contributed by atoms with Crippen molar-refractivity contribution in [1.82, 2.24) is 15.1 Å². The van der Waals surface area contributed by atoms with Crippen LogP contribution in [0.3, 0.4) is 0 Å². The molecule has 0 aliphatic carbocycles. The number of fused-ring (bicyclic) bond motifs is 1. The van der Waals surface area contributed by atoms with Crippen LogP contribution >= 0.6 is 0 Å². The highest BCUT2D eigenvalue weighted by Gasteiger charge is 2.42. The van der Waals surface area contributed by atoms with Gasteiger partial charge < -0.3 is 14.1 Å². The number of rotatable bonds is 9. The number of ether oxygens (including phenoxy) is 1. The predicted molar refractivity (Wildman–Crippen MR) is 131 cm³/mol. The molecule has 1 amide bonds. The number of nitrogens with one attached hydrogen (secondary N) is 1. The van der Waals surface area contributed by atoms with Gasteiger partial charge in [-0.15, -0.1) is 0 Å². The van der Waals surface area contributed by atoms with Gasteiger partial charge in [0.15, 0.2) is 0 Å². The number of unbranched alkanes of at least 4 members (excludes halogenated alkanes) is 2. The Morgan fingerprint density at radius 3 is 2.56 bits per heavy atom. The van der Waals surface area contributed by atoms with Crippen molar-refractivity contribution in [2.45, 2.75) is 45.7 Å². The maximum absolute atomic E-state index is 13.5. The standard InChI is InChI=1S/C28H29N3O3/c1-3-4-5-16-33-22-14-12-21(13-15-22)27-24-25(20-10-8-19(2)9-11-20)29-30-26(24)28(32)31(27)18-23-7-6-17-34-23/h6-15,17,27H,3-5,16,18H2,1-2H3,(H,29,30). The molecule has 4 aromatic rings. The van der Waals surface area contributed by atoms with E-state index in [1.165, 1.54) is 12.0 Å². The van der Waals surface area contributed by atoms with Gasteiger partial charge in [-0.2, -0.15) is 5.10 Å². The van der Waals surface area contributed by atoms with E-state index in [1.807, 2.05) is 41.3 Å². The number of hydrogen-bond donors (Lipinski definition) is 1. The van der Waals surface area contributed by atoms with Gasteiger partial charge in [0.25, 0.3) is 5.91 Å². The Hall–Kier alpha value is -3.80. The highest BCUT2D eigenvalue weighted by atomic mass is 16.5. The molecule has 3 heterocycles. The van der Waals surface area contributed by atoms with Gasteiger partial charge in [-0.05, 0) is 43.2 Å². The number of carbonyl (C=O) groups is 1. The molecule has 0 saturated heterocycles. The summed E-state index contributed by atoms with van der Waals surface area (Å²) in [5.74, 6) is 1.50. The minimum Gasteiger partial charge on any atom is -0.494 e. The van der Waals surface area contributed by atoms with E-state index in [0.29, 0.717) is 18.8 Å². The van der Waals surface area contributed by atoms with E-state index in [9.17, 15) is 4.79 Å². The van der Waals surface area contributed by atoms with Crippen molar-refractivity contribution in [2.24, 2.45) is 0 Å². The van der Waals surface area contributed by atoms with Crippen LogP contribution in [0.15, 0.2) is 71.3 Å². The van der Waals surface area contributed by atoms with Crippen molar-refractivity contribution in [3.8, 4) is 17.0 Å². The van der Waals surface area contributed by atoms with Crippen molar-refractivity contribution in [3.05, 3.63) is 95.1 Å². The number of amides is 1. The molecule has 0 fully saturated rings. The van der Waals surface area contributed by atoms with Crippen LogP contribution in [0.1, 0.15) is 65.2 Å². The lowest BCUT2D eigenvalue weighted by Crippen LogP contribution is -2.28. The van der Waals surface area contributed by atoms with Gasteiger partial charge in [-0.1, -0.05) is 61.7 Å². The topological polar surface area (TPSA) is 71.4 Å². The van der Waals surface area contributed by atoms with Crippen molar-refractivity contribution < 1.29 is 13.9 Å². The van der Waals surface area contributed by atoms with Gasteiger partial charge in [0, 0.05) is 11.1 Å². The number of carbonyl (C=O) groups excluding carboxylic acids is 1. The molecule has 0 radical (unpaired) electrons. The van der Waals surface area contributed by atoms with Gasteiger partial charge >= 0.3 is 0 Å². The number of aromatic amines is 1. The van der Waals surface area contributed by atoms with Gasteiger partial charge in [-0.3, -0.25) is 9.89 Å². The minimum atomic E-state index is -0.281. The molecule has 1 N–H and O–H groups in total. The first kappa shape index (κ1) is 22.0. The van der Waals surface area contributed by atoms with Crippen LogP contribution in [0.25, 0.3) is 11.3 Å². The quantitative estimate of drug-likeness (QED) is 0.301. The highest BCUT2D eigenvalue weighted by Crippen LogP contribution is 2.43. The zero-order valence-corrected chi connectivity index (χ0v) is 19.6. The number of furan rings is 1. The summed E-state index contributed by atoms with van der Waals surface area (Å²) < 4.78 is 11.5. The zero-order valence-electron chi connectivity index (χ0n) is 19.6. The van der Waals surface area contributed by atoms with Gasteiger partial charge in [-0.25, -0.2) is 0 Å². The Kier molecular flexibility index (Phi) is 6.21. The average Bonchev–Trinajstić information content (AvgIpc) is 3.58. The summed E-state index contributed by atoms with van der Waals surface area (Å²) >= 11 is 0. The molecule has 1 unspecified atom stereocenters. The van der Waals surface area contributed by atoms with Crippen LogP contribution in [0.2, 0.25) is 0 Å². The highest BCUT2D eigenvalue weighted by molar-refractivity contribution is 6.00. The summed E-state index contributed by atoms with van der Waals surface area (Å²) in [6.07, 6.45) is 5.01. The molecule has 1 atom stereocenters. The second kappa shape index (κ2) is 9.59. The summed E-state index contributed by atoms with van der Waals surface area (Å²) in [7, 11) is 0. The van der Waals surface area contributed by atoms with E-state index >= 15 is 0 Å². The SMILES string of the molecule is CCCCCOc1ccc(C2c3c(-c4ccc(C)cc4)n[nH]c3C(=O)N2Cc2ccco2)cc1. The van der Waals surface area contributed by atoms with E-state index in [0.717, 1.165) is 46.7 Å². The van der Waals surface area contributed by atoms with Crippen molar-refractivity contribution in [1.29, 1.82) is 0 Å².